The van der Waals surface area contributed by atoms with Gasteiger partial charge in [0.25, 0.3) is 0 Å². The maximum Gasteiger partial charge on any atom is 0.0336 e. The molecule has 11 heavy (non-hydrogen) atoms. The van der Waals surface area contributed by atoms with E-state index in [1.165, 1.54) is 32.1 Å². The molecule has 1 saturated carbocycles. The molecule has 1 aliphatic carbocycles. The minimum atomic E-state index is 0.482. The van der Waals surface area contributed by atoms with E-state index in [1.807, 2.05) is 0 Å². The molecule has 0 aromatic carbocycles. The highest BCUT2D eigenvalue weighted by molar-refractivity contribution is 6.20. The van der Waals surface area contributed by atoms with Gasteiger partial charge in [0.1, 0.15) is 0 Å². The minimum absolute atomic E-state index is 0.482. The van der Waals surface area contributed by atoms with Crippen LogP contribution in [0.2, 0.25) is 0 Å². The van der Waals surface area contributed by atoms with E-state index in [2.05, 4.69) is 13.8 Å². The molecule has 1 fully saturated rings. The molecule has 0 amide bonds. The highest BCUT2D eigenvalue weighted by Crippen LogP contribution is 2.33. The summed E-state index contributed by atoms with van der Waals surface area (Å²) >= 11 is 6.03. The molecule has 0 radical (unpaired) electrons. The van der Waals surface area contributed by atoms with Gasteiger partial charge in [-0.1, -0.05) is 20.3 Å². The van der Waals surface area contributed by atoms with Gasteiger partial charge in [-0.2, -0.15) is 0 Å². The van der Waals surface area contributed by atoms with Crippen LogP contribution in [-0.2, 0) is 0 Å². The van der Waals surface area contributed by atoms with Crippen molar-refractivity contribution in [2.45, 2.75) is 51.3 Å². The van der Waals surface area contributed by atoms with Gasteiger partial charge in [0.05, 0.1) is 0 Å². The van der Waals surface area contributed by atoms with E-state index in [9.17, 15) is 0 Å². The molecule has 0 saturated heterocycles. The largest absolute Gasteiger partial charge is 0.123 e. The van der Waals surface area contributed by atoms with Crippen LogP contribution in [0.5, 0.6) is 0 Å². The van der Waals surface area contributed by atoms with Gasteiger partial charge in [0, 0.05) is 5.38 Å². The second-order valence-electron chi connectivity index (χ2n) is 3.90. The molecule has 1 aliphatic rings. The molecule has 0 aromatic heterocycles. The molecule has 1 rings (SSSR count). The van der Waals surface area contributed by atoms with Crippen LogP contribution in [0.25, 0.3) is 0 Å². The Bertz CT molecular complexity index is 103. The van der Waals surface area contributed by atoms with Crippen LogP contribution >= 0.6 is 11.6 Å². The molecule has 1 heteroatoms. The zero-order valence-corrected chi connectivity index (χ0v) is 8.40. The van der Waals surface area contributed by atoms with E-state index in [-0.39, 0.29) is 0 Å². The molecule has 66 valence electrons. The molecule has 0 nitrogen and oxygen atoms in total. The number of hydrogen-bond donors (Lipinski definition) is 0. The van der Waals surface area contributed by atoms with Crippen LogP contribution < -0.4 is 0 Å². The Morgan fingerprint density at radius 3 is 2.27 bits per heavy atom. The van der Waals surface area contributed by atoms with Crippen LogP contribution in [0.1, 0.15) is 46.0 Å². The normalized spacial score (nSPS) is 35.2. The van der Waals surface area contributed by atoms with Crippen molar-refractivity contribution in [2.24, 2.45) is 11.8 Å². The summed E-state index contributed by atoms with van der Waals surface area (Å²) in [5.41, 5.74) is 0. The van der Waals surface area contributed by atoms with Crippen molar-refractivity contribution >= 4 is 11.6 Å². The highest BCUT2D eigenvalue weighted by atomic mass is 35.5. The third-order valence-electron chi connectivity index (χ3n) is 3.15. The summed E-state index contributed by atoms with van der Waals surface area (Å²) in [6.07, 6.45) is 6.55. The van der Waals surface area contributed by atoms with E-state index < -0.39 is 0 Å². The van der Waals surface area contributed by atoms with Gasteiger partial charge in [0.2, 0.25) is 0 Å². The van der Waals surface area contributed by atoms with Crippen molar-refractivity contribution in [3.8, 4) is 0 Å². The van der Waals surface area contributed by atoms with Crippen LogP contribution in [0.4, 0.5) is 0 Å². The lowest BCUT2D eigenvalue weighted by Gasteiger charge is -2.29. The Balaban J connectivity index is 2.27. The summed E-state index contributed by atoms with van der Waals surface area (Å²) in [5.74, 6) is 1.88. The molecule has 0 spiro atoms. The molecule has 0 bridgehead atoms. The molecule has 1 atom stereocenters. The molecule has 0 heterocycles. The van der Waals surface area contributed by atoms with Crippen molar-refractivity contribution in [3.63, 3.8) is 0 Å². The van der Waals surface area contributed by atoms with E-state index in [0.29, 0.717) is 5.38 Å². The lowest BCUT2D eigenvalue weighted by molar-refractivity contribution is 0.260. The lowest BCUT2D eigenvalue weighted by atomic mass is 9.80. The predicted octanol–water partition coefficient (Wildman–Crippen LogP) is 3.83. The monoisotopic (exact) mass is 174 g/mol. The summed E-state index contributed by atoms with van der Waals surface area (Å²) in [4.78, 5) is 0. The highest BCUT2D eigenvalue weighted by Gasteiger charge is 2.22. The average molecular weight is 175 g/mol. The van der Waals surface area contributed by atoms with Crippen molar-refractivity contribution in [3.05, 3.63) is 0 Å². The van der Waals surface area contributed by atoms with Crippen molar-refractivity contribution in [1.29, 1.82) is 0 Å². The summed E-state index contributed by atoms with van der Waals surface area (Å²) in [7, 11) is 0. The molecular weight excluding hydrogens is 156 g/mol. The van der Waals surface area contributed by atoms with Crippen molar-refractivity contribution in [2.75, 3.05) is 0 Å². The van der Waals surface area contributed by atoms with Gasteiger partial charge in [-0.15, -0.1) is 11.6 Å². The van der Waals surface area contributed by atoms with Crippen LogP contribution in [-0.4, -0.2) is 5.38 Å². The van der Waals surface area contributed by atoms with E-state index in [0.717, 1.165) is 11.8 Å². The first-order chi connectivity index (χ1) is 5.24. The van der Waals surface area contributed by atoms with E-state index >= 15 is 0 Å². The third-order valence-corrected chi connectivity index (χ3v) is 3.59. The summed E-state index contributed by atoms with van der Waals surface area (Å²) in [6.45, 7) is 4.66. The summed E-state index contributed by atoms with van der Waals surface area (Å²) < 4.78 is 0. The number of rotatable bonds is 2. The zero-order chi connectivity index (χ0) is 8.27. The Hall–Kier alpha value is 0.290. The maximum atomic E-state index is 6.03. The first kappa shape index (κ1) is 9.38. The molecular formula is C10H19Cl. The smallest absolute Gasteiger partial charge is 0.0336 e. The van der Waals surface area contributed by atoms with Gasteiger partial charge in [-0.3, -0.25) is 0 Å². The summed E-state index contributed by atoms with van der Waals surface area (Å²) in [5, 5.41) is 0.482. The Kier molecular flexibility index (Phi) is 3.71. The van der Waals surface area contributed by atoms with Crippen molar-refractivity contribution in [1.82, 2.24) is 0 Å². The first-order valence-electron chi connectivity index (χ1n) is 4.88. The van der Waals surface area contributed by atoms with Crippen molar-refractivity contribution < 1.29 is 0 Å². The molecule has 0 aliphatic heterocycles. The Morgan fingerprint density at radius 2 is 1.82 bits per heavy atom. The topological polar surface area (TPSA) is 0 Å². The second-order valence-corrected chi connectivity index (χ2v) is 4.51. The SMILES string of the molecule is CCC(C)C1CCC(Cl)CC1. The van der Waals surface area contributed by atoms with E-state index in [1.54, 1.807) is 0 Å². The second kappa shape index (κ2) is 4.35. The first-order valence-corrected chi connectivity index (χ1v) is 5.31. The van der Waals surface area contributed by atoms with Gasteiger partial charge < -0.3 is 0 Å². The van der Waals surface area contributed by atoms with E-state index in [4.69, 9.17) is 11.6 Å². The van der Waals surface area contributed by atoms with Crippen LogP contribution in [0.3, 0.4) is 0 Å². The quantitative estimate of drug-likeness (QED) is 0.559. The zero-order valence-electron chi connectivity index (χ0n) is 7.65. The minimum Gasteiger partial charge on any atom is -0.123 e. The van der Waals surface area contributed by atoms with Gasteiger partial charge in [-0.25, -0.2) is 0 Å². The average Bonchev–Trinajstić information content (AvgIpc) is 2.05. The van der Waals surface area contributed by atoms with Crippen LogP contribution in [0, 0.1) is 11.8 Å². The predicted molar refractivity (Wildman–Crippen MR) is 51.1 cm³/mol. The molecule has 1 unspecified atom stereocenters. The number of alkyl halides is 1. The van der Waals surface area contributed by atoms with Gasteiger partial charge in [-0.05, 0) is 37.5 Å². The van der Waals surface area contributed by atoms with Gasteiger partial charge in [0.15, 0.2) is 0 Å². The Labute approximate surface area is 75.3 Å². The Morgan fingerprint density at radius 1 is 1.27 bits per heavy atom. The third kappa shape index (κ3) is 2.66. The number of hydrogen-bond acceptors (Lipinski definition) is 0. The maximum absolute atomic E-state index is 6.03. The molecule has 0 N–H and O–H groups in total. The van der Waals surface area contributed by atoms with Crippen LogP contribution in [0.15, 0.2) is 0 Å². The standard InChI is InChI=1S/C10H19Cl/c1-3-8(2)9-4-6-10(11)7-5-9/h8-10H,3-7H2,1-2H3. The fourth-order valence-corrected chi connectivity index (χ4v) is 2.23. The number of halogens is 1. The fraction of sp³-hybridized carbons (Fsp3) is 1.00. The van der Waals surface area contributed by atoms with Gasteiger partial charge >= 0.3 is 0 Å². The summed E-state index contributed by atoms with van der Waals surface area (Å²) in [6, 6.07) is 0. The lowest BCUT2D eigenvalue weighted by Crippen LogP contribution is -2.19. The molecule has 0 aromatic rings. The fourth-order valence-electron chi connectivity index (χ4n) is 1.98.